The smallest absolute Gasteiger partial charge is 0.333 e. The number of likely N-dealkylation sites (tertiary alicyclic amines) is 1. The number of amides is 2. The summed E-state index contributed by atoms with van der Waals surface area (Å²) < 4.78 is 31.7. The zero-order valence-corrected chi connectivity index (χ0v) is 12.7. The van der Waals surface area contributed by atoms with Gasteiger partial charge in [-0.15, -0.1) is 0 Å². The summed E-state index contributed by atoms with van der Waals surface area (Å²) in [5, 5.41) is 6.46. The van der Waals surface area contributed by atoms with Crippen molar-refractivity contribution in [3.8, 4) is 0 Å². The molecule has 3 rings (SSSR count). The molecular formula is C14H18F2N4O3. The van der Waals surface area contributed by atoms with E-state index in [1.54, 1.807) is 4.90 Å². The lowest BCUT2D eigenvalue weighted by Gasteiger charge is -2.43. The number of hydrogen-bond donors (Lipinski definition) is 1. The number of piperidine rings is 1. The van der Waals surface area contributed by atoms with Crippen LogP contribution in [0.15, 0.2) is 6.07 Å². The standard InChI is InChI=1S/C14H18F2N4O3/c1-9-6-10(18-20(9)13(15)16)12(22)19-4-2-14(3-5-19)8-17-11(21)7-23-14/h6,13H,2-5,7-8H2,1H3,(H,17,21). The first-order valence-corrected chi connectivity index (χ1v) is 7.44. The maximum atomic E-state index is 12.7. The summed E-state index contributed by atoms with van der Waals surface area (Å²) >= 11 is 0. The van der Waals surface area contributed by atoms with E-state index in [1.807, 2.05) is 0 Å². The van der Waals surface area contributed by atoms with E-state index in [0.717, 1.165) is 0 Å². The number of carbonyl (C=O) groups is 2. The predicted molar refractivity (Wildman–Crippen MR) is 75.0 cm³/mol. The Balaban J connectivity index is 1.64. The van der Waals surface area contributed by atoms with Gasteiger partial charge in [0, 0.05) is 25.3 Å². The van der Waals surface area contributed by atoms with E-state index in [0.29, 0.717) is 37.2 Å². The van der Waals surface area contributed by atoms with Crippen LogP contribution in [0.3, 0.4) is 0 Å². The Bertz CT molecular complexity index is 612. The molecule has 0 bridgehead atoms. The first-order valence-electron chi connectivity index (χ1n) is 7.44. The zero-order chi connectivity index (χ0) is 16.6. The molecule has 0 aliphatic carbocycles. The fourth-order valence-corrected chi connectivity index (χ4v) is 2.97. The lowest BCUT2D eigenvalue weighted by atomic mass is 9.90. The molecule has 2 aliphatic heterocycles. The molecule has 1 aromatic rings. The average molecular weight is 328 g/mol. The summed E-state index contributed by atoms with van der Waals surface area (Å²) in [5.74, 6) is -0.496. The highest BCUT2D eigenvalue weighted by Crippen LogP contribution is 2.28. The third-order valence-electron chi connectivity index (χ3n) is 4.41. The first-order chi connectivity index (χ1) is 10.9. The number of alkyl halides is 2. The third-order valence-corrected chi connectivity index (χ3v) is 4.41. The molecule has 1 N–H and O–H groups in total. The number of hydrogen-bond acceptors (Lipinski definition) is 4. The predicted octanol–water partition coefficient (Wildman–Crippen LogP) is 0.708. The number of ether oxygens (including phenoxy) is 1. The number of morpholine rings is 1. The minimum atomic E-state index is -2.76. The van der Waals surface area contributed by atoms with Gasteiger partial charge in [0.25, 0.3) is 5.91 Å². The van der Waals surface area contributed by atoms with Crippen LogP contribution in [-0.4, -0.2) is 58.3 Å². The monoisotopic (exact) mass is 328 g/mol. The Hall–Kier alpha value is -2.03. The zero-order valence-electron chi connectivity index (χ0n) is 12.7. The van der Waals surface area contributed by atoms with Gasteiger partial charge >= 0.3 is 6.55 Å². The normalized spacial score (nSPS) is 20.9. The van der Waals surface area contributed by atoms with E-state index < -0.39 is 12.2 Å². The minimum absolute atomic E-state index is 0.0246. The SMILES string of the molecule is Cc1cc(C(=O)N2CCC3(CC2)CNC(=O)CO3)nn1C(F)F. The summed E-state index contributed by atoms with van der Waals surface area (Å²) in [6.45, 7) is 0.0730. The molecule has 0 atom stereocenters. The molecule has 2 aliphatic rings. The number of aryl methyl sites for hydroxylation is 1. The van der Waals surface area contributed by atoms with Gasteiger partial charge in [0.2, 0.25) is 5.91 Å². The van der Waals surface area contributed by atoms with Crippen LogP contribution < -0.4 is 5.32 Å². The van der Waals surface area contributed by atoms with E-state index in [4.69, 9.17) is 4.74 Å². The Labute approximate surface area is 131 Å². The van der Waals surface area contributed by atoms with E-state index in [9.17, 15) is 18.4 Å². The van der Waals surface area contributed by atoms with Crippen molar-refractivity contribution in [1.29, 1.82) is 0 Å². The maximum Gasteiger partial charge on any atom is 0.333 e. The van der Waals surface area contributed by atoms with Gasteiger partial charge < -0.3 is 15.0 Å². The van der Waals surface area contributed by atoms with Gasteiger partial charge in [0.05, 0.1) is 5.60 Å². The van der Waals surface area contributed by atoms with Gasteiger partial charge in [-0.25, -0.2) is 4.68 Å². The summed E-state index contributed by atoms with van der Waals surface area (Å²) in [6, 6.07) is 1.37. The average Bonchev–Trinajstić information content (AvgIpc) is 2.93. The Morgan fingerprint density at radius 2 is 2.13 bits per heavy atom. The summed E-state index contributed by atoms with van der Waals surface area (Å²) in [7, 11) is 0. The number of halogens is 2. The first kappa shape index (κ1) is 15.9. The molecule has 7 nitrogen and oxygen atoms in total. The van der Waals surface area contributed by atoms with Crippen LogP contribution in [0, 0.1) is 6.92 Å². The summed E-state index contributed by atoms with van der Waals surface area (Å²) in [4.78, 5) is 25.2. The highest BCUT2D eigenvalue weighted by atomic mass is 19.3. The van der Waals surface area contributed by atoms with Gasteiger partial charge in [-0.1, -0.05) is 0 Å². The largest absolute Gasteiger partial charge is 0.363 e. The molecule has 0 aromatic carbocycles. The Kier molecular flexibility index (Phi) is 4.05. The Morgan fingerprint density at radius 3 is 2.65 bits per heavy atom. The van der Waals surface area contributed by atoms with Gasteiger partial charge in [-0.05, 0) is 25.8 Å². The molecule has 2 amide bonds. The van der Waals surface area contributed by atoms with Crippen molar-refractivity contribution in [2.24, 2.45) is 0 Å². The van der Waals surface area contributed by atoms with Crippen molar-refractivity contribution in [2.75, 3.05) is 26.2 Å². The number of nitrogens with one attached hydrogen (secondary N) is 1. The molecule has 1 aromatic heterocycles. The van der Waals surface area contributed by atoms with E-state index in [2.05, 4.69) is 10.4 Å². The van der Waals surface area contributed by atoms with Crippen molar-refractivity contribution in [3.63, 3.8) is 0 Å². The highest BCUT2D eigenvalue weighted by Gasteiger charge is 2.40. The van der Waals surface area contributed by atoms with Crippen LogP contribution in [0.4, 0.5) is 8.78 Å². The van der Waals surface area contributed by atoms with Crippen molar-refractivity contribution in [3.05, 3.63) is 17.5 Å². The molecule has 1 spiro atoms. The molecule has 9 heteroatoms. The van der Waals surface area contributed by atoms with Crippen molar-refractivity contribution in [1.82, 2.24) is 20.0 Å². The number of nitrogens with zero attached hydrogens (tertiary/aromatic N) is 3. The van der Waals surface area contributed by atoms with Crippen molar-refractivity contribution < 1.29 is 23.1 Å². The molecule has 23 heavy (non-hydrogen) atoms. The second kappa shape index (κ2) is 5.88. The van der Waals surface area contributed by atoms with Gasteiger partial charge in [0.1, 0.15) is 6.61 Å². The van der Waals surface area contributed by atoms with Crippen molar-refractivity contribution in [2.45, 2.75) is 31.9 Å². The summed E-state index contributed by atoms with van der Waals surface area (Å²) in [5.41, 5.74) is -0.157. The van der Waals surface area contributed by atoms with E-state index >= 15 is 0 Å². The molecule has 126 valence electrons. The fraction of sp³-hybridized carbons (Fsp3) is 0.643. The molecule has 2 fully saturated rings. The van der Waals surface area contributed by atoms with Gasteiger partial charge in [0.15, 0.2) is 5.69 Å². The quantitative estimate of drug-likeness (QED) is 0.867. The summed E-state index contributed by atoms with van der Waals surface area (Å²) in [6.07, 6.45) is 1.18. The second-order valence-corrected chi connectivity index (χ2v) is 5.93. The van der Waals surface area contributed by atoms with E-state index in [-0.39, 0.29) is 29.8 Å². The highest BCUT2D eigenvalue weighted by molar-refractivity contribution is 5.92. The number of rotatable bonds is 2. The van der Waals surface area contributed by atoms with Gasteiger partial charge in [-0.2, -0.15) is 13.9 Å². The molecule has 0 radical (unpaired) electrons. The minimum Gasteiger partial charge on any atom is -0.363 e. The van der Waals surface area contributed by atoms with Crippen LogP contribution in [0.5, 0.6) is 0 Å². The van der Waals surface area contributed by atoms with Crippen LogP contribution in [0.25, 0.3) is 0 Å². The van der Waals surface area contributed by atoms with Crippen LogP contribution in [0.1, 0.15) is 35.6 Å². The lowest BCUT2D eigenvalue weighted by Crippen LogP contribution is -2.58. The molecular weight excluding hydrogens is 310 g/mol. The molecule has 0 unspecified atom stereocenters. The topological polar surface area (TPSA) is 76.5 Å². The number of carbonyl (C=O) groups excluding carboxylic acids is 2. The molecule has 2 saturated heterocycles. The van der Waals surface area contributed by atoms with Crippen molar-refractivity contribution >= 4 is 11.8 Å². The van der Waals surface area contributed by atoms with Gasteiger partial charge in [-0.3, -0.25) is 9.59 Å². The molecule has 3 heterocycles. The van der Waals surface area contributed by atoms with E-state index in [1.165, 1.54) is 13.0 Å². The Morgan fingerprint density at radius 1 is 1.43 bits per heavy atom. The third kappa shape index (κ3) is 3.05. The maximum absolute atomic E-state index is 12.7. The molecule has 0 saturated carbocycles. The van der Waals surface area contributed by atoms with Crippen LogP contribution in [-0.2, 0) is 9.53 Å². The number of aromatic nitrogens is 2. The van der Waals surface area contributed by atoms with Crippen LogP contribution in [0.2, 0.25) is 0 Å². The lowest BCUT2D eigenvalue weighted by molar-refractivity contribution is -0.149. The second-order valence-electron chi connectivity index (χ2n) is 5.93. The van der Waals surface area contributed by atoms with Crippen LogP contribution >= 0.6 is 0 Å². The fourth-order valence-electron chi connectivity index (χ4n) is 2.97.